The average Bonchev–Trinajstić information content (AvgIpc) is 2.28. The SMILES string of the molecule is CCCOc1cc(F)cc(C(=O)OC(C)C)c1N. The summed E-state index contributed by atoms with van der Waals surface area (Å²) in [5.41, 5.74) is 5.88. The molecule has 100 valence electrons. The van der Waals surface area contributed by atoms with Gasteiger partial charge in [-0.2, -0.15) is 0 Å². The van der Waals surface area contributed by atoms with E-state index in [4.69, 9.17) is 15.2 Å². The Hall–Kier alpha value is -1.78. The van der Waals surface area contributed by atoms with Gasteiger partial charge in [0.05, 0.1) is 24.0 Å². The molecule has 1 aromatic rings. The summed E-state index contributed by atoms with van der Waals surface area (Å²) in [6, 6.07) is 2.22. The van der Waals surface area contributed by atoms with Crippen LogP contribution in [0, 0.1) is 5.82 Å². The molecule has 0 spiro atoms. The van der Waals surface area contributed by atoms with Crippen molar-refractivity contribution in [2.24, 2.45) is 0 Å². The third kappa shape index (κ3) is 3.61. The molecule has 0 atom stereocenters. The van der Waals surface area contributed by atoms with Crippen LogP contribution < -0.4 is 10.5 Å². The topological polar surface area (TPSA) is 61.5 Å². The Morgan fingerprint density at radius 2 is 2.11 bits per heavy atom. The summed E-state index contributed by atoms with van der Waals surface area (Å²) in [7, 11) is 0. The van der Waals surface area contributed by atoms with Gasteiger partial charge in [0.25, 0.3) is 0 Å². The van der Waals surface area contributed by atoms with Gasteiger partial charge in [0, 0.05) is 6.07 Å². The first-order valence-electron chi connectivity index (χ1n) is 5.88. The summed E-state index contributed by atoms with van der Waals surface area (Å²) < 4.78 is 23.7. The molecule has 0 aliphatic rings. The molecule has 2 N–H and O–H groups in total. The van der Waals surface area contributed by atoms with Gasteiger partial charge in [0.2, 0.25) is 0 Å². The molecule has 18 heavy (non-hydrogen) atoms. The Kier molecular flexibility index (Phi) is 4.95. The minimum Gasteiger partial charge on any atom is -0.491 e. The smallest absolute Gasteiger partial charge is 0.340 e. The number of rotatable bonds is 5. The molecule has 0 saturated heterocycles. The second kappa shape index (κ2) is 6.23. The van der Waals surface area contributed by atoms with E-state index in [2.05, 4.69) is 0 Å². The van der Waals surface area contributed by atoms with Gasteiger partial charge in [0.1, 0.15) is 11.6 Å². The highest BCUT2D eigenvalue weighted by Crippen LogP contribution is 2.28. The highest BCUT2D eigenvalue weighted by molar-refractivity contribution is 5.96. The molecule has 0 aromatic heterocycles. The van der Waals surface area contributed by atoms with Crippen LogP contribution in [0.2, 0.25) is 0 Å². The fourth-order valence-electron chi connectivity index (χ4n) is 1.37. The first kappa shape index (κ1) is 14.3. The van der Waals surface area contributed by atoms with Crippen molar-refractivity contribution in [2.75, 3.05) is 12.3 Å². The normalized spacial score (nSPS) is 10.5. The zero-order chi connectivity index (χ0) is 13.7. The van der Waals surface area contributed by atoms with Crippen LogP contribution in [0.4, 0.5) is 10.1 Å². The van der Waals surface area contributed by atoms with Crippen LogP contribution in [0.15, 0.2) is 12.1 Å². The molecule has 4 nitrogen and oxygen atoms in total. The van der Waals surface area contributed by atoms with Gasteiger partial charge < -0.3 is 15.2 Å². The molecule has 1 rings (SSSR count). The first-order valence-corrected chi connectivity index (χ1v) is 5.88. The number of halogens is 1. The van der Waals surface area contributed by atoms with Gasteiger partial charge in [-0.25, -0.2) is 9.18 Å². The van der Waals surface area contributed by atoms with Crippen LogP contribution in [-0.2, 0) is 4.74 Å². The van der Waals surface area contributed by atoms with Crippen molar-refractivity contribution >= 4 is 11.7 Å². The van der Waals surface area contributed by atoms with E-state index in [9.17, 15) is 9.18 Å². The van der Waals surface area contributed by atoms with Crippen LogP contribution >= 0.6 is 0 Å². The Balaban J connectivity index is 3.04. The molecular weight excluding hydrogens is 237 g/mol. The summed E-state index contributed by atoms with van der Waals surface area (Å²) in [6.07, 6.45) is 0.474. The highest BCUT2D eigenvalue weighted by atomic mass is 19.1. The number of benzene rings is 1. The van der Waals surface area contributed by atoms with E-state index in [0.717, 1.165) is 18.6 Å². The van der Waals surface area contributed by atoms with Gasteiger partial charge in [-0.15, -0.1) is 0 Å². The summed E-state index contributed by atoms with van der Waals surface area (Å²) in [6.45, 7) is 5.75. The molecule has 0 heterocycles. The molecule has 0 aliphatic carbocycles. The van der Waals surface area contributed by atoms with Crippen molar-refractivity contribution in [2.45, 2.75) is 33.3 Å². The molecule has 0 bridgehead atoms. The molecular formula is C13H18FNO3. The number of ether oxygens (including phenoxy) is 2. The Morgan fingerprint density at radius 1 is 1.44 bits per heavy atom. The summed E-state index contributed by atoms with van der Waals surface area (Å²) in [5, 5.41) is 0. The van der Waals surface area contributed by atoms with Crippen LogP contribution in [0.1, 0.15) is 37.6 Å². The predicted octanol–water partition coefficient (Wildman–Crippen LogP) is 2.76. The van der Waals surface area contributed by atoms with Crippen LogP contribution in [0.25, 0.3) is 0 Å². The summed E-state index contributed by atoms with van der Waals surface area (Å²) in [4.78, 5) is 11.7. The lowest BCUT2D eigenvalue weighted by atomic mass is 10.1. The fourth-order valence-corrected chi connectivity index (χ4v) is 1.37. The number of anilines is 1. The van der Waals surface area contributed by atoms with E-state index in [0.29, 0.717) is 6.61 Å². The van der Waals surface area contributed by atoms with E-state index >= 15 is 0 Å². The Morgan fingerprint density at radius 3 is 2.67 bits per heavy atom. The number of carbonyl (C=O) groups excluding carboxylic acids is 1. The van der Waals surface area contributed by atoms with Crippen molar-refractivity contribution in [3.05, 3.63) is 23.5 Å². The minimum absolute atomic E-state index is 0.00481. The van der Waals surface area contributed by atoms with Gasteiger partial charge in [0.15, 0.2) is 0 Å². The Bertz CT molecular complexity index is 432. The number of carbonyl (C=O) groups is 1. The van der Waals surface area contributed by atoms with Crippen molar-refractivity contribution in [3.63, 3.8) is 0 Å². The largest absolute Gasteiger partial charge is 0.491 e. The fraction of sp³-hybridized carbons (Fsp3) is 0.462. The standard InChI is InChI=1S/C13H18FNO3/c1-4-5-17-11-7-9(14)6-10(12(11)15)13(16)18-8(2)3/h6-8H,4-5,15H2,1-3H3. The second-order valence-electron chi connectivity index (χ2n) is 4.17. The zero-order valence-corrected chi connectivity index (χ0v) is 10.8. The molecule has 0 amide bonds. The van der Waals surface area contributed by atoms with Gasteiger partial charge in [-0.3, -0.25) is 0 Å². The summed E-state index contributed by atoms with van der Waals surface area (Å²) in [5.74, 6) is -1.05. The molecule has 0 aliphatic heterocycles. The van der Waals surface area contributed by atoms with Crippen molar-refractivity contribution in [1.29, 1.82) is 0 Å². The van der Waals surface area contributed by atoms with E-state index in [-0.39, 0.29) is 23.1 Å². The van der Waals surface area contributed by atoms with Gasteiger partial charge >= 0.3 is 5.97 Å². The first-order chi connectivity index (χ1) is 8.45. The maximum absolute atomic E-state index is 13.4. The van der Waals surface area contributed by atoms with Crippen LogP contribution in [0.3, 0.4) is 0 Å². The lowest BCUT2D eigenvalue weighted by Crippen LogP contribution is -2.14. The molecule has 1 aromatic carbocycles. The number of nitrogens with two attached hydrogens (primary N) is 1. The van der Waals surface area contributed by atoms with E-state index in [1.165, 1.54) is 0 Å². The average molecular weight is 255 g/mol. The number of nitrogen functional groups attached to an aromatic ring is 1. The second-order valence-corrected chi connectivity index (χ2v) is 4.17. The zero-order valence-electron chi connectivity index (χ0n) is 10.8. The molecule has 0 radical (unpaired) electrons. The molecule has 0 unspecified atom stereocenters. The lowest BCUT2D eigenvalue weighted by Gasteiger charge is -2.13. The third-order valence-corrected chi connectivity index (χ3v) is 2.13. The maximum atomic E-state index is 13.4. The van der Waals surface area contributed by atoms with E-state index in [1.807, 2.05) is 6.92 Å². The Labute approximate surface area is 106 Å². The van der Waals surface area contributed by atoms with Crippen molar-refractivity contribution in [1.82, 2.24) is 0 Å². The summed E-state index contributed by atoms with van der Waals surface area (Å²) >= 11 is 0. The predicted molar refractivity (Wildman–Crippen MR) is 67.1 cm³/mol. The molecule has 0 saturated carbocycles. The maximum Gasteiger partial charge on any atom is 0.340 e. The van der Waals surface area contributed by atoms with Gasteiger partial charge in [-0.05, 0) is 26.3 Å². The quantitative estimate of drug-likeness (QED) is 0.649. The van der Waals surface area contributed by atoms with Gasteiger partial charge in [-0.1, -0.05) is 6.92 Å². The monoisotopic (exact) mass is 255 g/mol. The minimum atomic E-state index is -0.650. The van der Waals surface area contributed by atoms with Crippen molar-refractivity contribution in [3.8, 4) is 5.75 Å². The third-order valence-electron chi connectivity index (χ3n) is 2.13. The molecule has 0 fully saturated rings. The van der Waals surface area contributed by atoms with Crippen LogP contribution in [-0.4, -0.2) is 18.7 Å². The van der Waals surface area contributed by atoms with Crippen molar-refractivity contribution < 1.29 is 18.7 Å². The van der Waals surface area contributed by atoms with Crippen LogP contribution in [0.5, 0.6) is 5.75 Å². The number of hydrogen-bond acceptors (Lipinski definition) is 4. The lowest BCUT2D eigenvalue weighted by molar-refractivity contribution is 0.0378. The number of hydrogen-bond donors (Lipinski definition) is 1. The van der Waals surface area contributed by atoms with E-state index in [1.54, 1.807) is 13.8 Å². The molecule has 5 heteroatoms. The highest BCUT2D eigenvalue weighted by Gasteiger charge is 2.18. The van der Waals surface area contributed by atoms with E-state index < -0.39 is 11.8 Å². The number of esters is 1.